The van der Waals surface area contributed by atoms with Crippen LogP contribution in [0.15, 0.2) is 24.3 Å². The second-order valence-corrected chi connectivity index (χ2v) is 6.99. The first-order chi connectivity index (χ1) is 11.0. The van der Waals surface area contributed by atoms with E-state index in [1.165, 1.54) is 5.56 Å². The minimum absolute atomic E-state index is 0.0138. The lowest BCUT2D eigenvalue weighted by Gasteiger charge is -2.30. The zero-order valence-electron chi connectivity index (χ0n) is 12.9. The van der Waals surface area contributed by atoms with Crippen LogP contribution in [0.3, 0.4) is 0 Å². The molecule has 0 unspecified atom stereocenters. The number of halogens is 1. The minimum atomic E-state index is -0.761. The molecule has 0 bridgehead atoms. The summed E-state index contributed by atoms with van der Waals surface area (Å²) in [6.07, 6.45) is 3.16. The molecule has 1 saturated carbocycles. The van der Waals surface area contributed by atoms with E-state index in [1.54, 1.807) is 4.90 Å². The third-order valence-corrected chi connectivity index (χ3v) is 5.24. The monoisotopic (exact) mass is 336 g/mol. The molecule has 0 spiro atoms. The summed E-state index contributed by atoms with van der Waals surface area (Å²) in [5.74, 6) is -1.08. The number of carbonyl (C=O) groups is 2. The van der Waals surface area contributed by atoms with Crippen LogP contribution in [0.25, 0.3) is 0 Å². The van der Waals surface area contributed by atoms with Crippen LogP contribution in [0, 0.1) is 5.92 Å². The van der Waals surface area contributed by atoms with Crippen molar-refractivity contribution in [3.63, 3.8) is 0 Å². The molecule has 2 N–H and O–H groups in total. The summed E-state index contributed by atoms with van der Waals surface area (Å²) >= 11 is 6.06. The average Bonchev–Trinajstić information content (AvgIpc) is 3.34. The van der Waals surface area contributed by atoms with Crippen molar-refractivity contribution >= 4 is 23.6 Å². The van der Waals surface area contributed by atoms with Gasteiger partial charge in [-0.2, -0.15) is 0 Å². The molecule has 5 nitrogen and oxygen atoms in total. The molecule has 2 aliphatic rings. The van der Waals surface area contributed by atoms with Crippen molar-refractivity contribution in [2.75, 3.05) is 19.6 Å². The molecule has 0 radical (unpaired) electrons. The number of benzene rings is 1. The Hall–Kier alpha value is -1.75. The minimum Gasteiger partial charge on any atom is -0.481 e. The number of amides is 2. The van der Waals surface area contributed by atoms with Gasteiger partial charge < -0.3 is 15.3 Å². The van der Waals surface area contributed by atoms with E-state index in [4.69, 9.17) is 16.7 Å². The lowest BCUT2D eigenvalue weighted by atomic mass is 9.96. The fourth-order valence-electron chi connectivity index (χ4n) is 3.22. The second-order valence-electron chi connectivity index (χ2n) is 6.55. The molecule has 2 fully saturated rings. The molecule has 3 rings (SSSR count). The molecule has 1 aromatic rings. The Labute approximate surface area is 140 Å². The molecule has 0 atom stereocenters. The van der Waals surface area contributed by atoms with Gasteiger partial charge in [0, 0.05) is 30.1 Å². The zero-order chi connectivity index (χ0) is 16.4. The Balaban J connectivity index is 1.53. The van der Waals surface area contributed by atoms with Crippen LogP contribution in [0.2, 0.25) is 5.02 Å². The lowest BCUT2D eigenvalue weighted by molar-refractivity contribution is -0.143. The summed E-state index contributed by atoms with van der Waals surface area (Å²) in [5.41, 5.74) is 1.19. The highest BCUT2D eigenvalue weighted by molar-refractivity contribution is 6.30. The number of carboxylic acid groups (broad SMARTS) is 1. The molecule has 1 aliphatic carbocycles. The summed E-state index contributed by atoms with van der Waals surface area (Å²) in [7, 11) is 0. The largest absolute Gasteiger partial charge is 0.481 e. The summed E-state index contributed by atoms with van der Waals surface area (Å²) in [5, 5.41) is 12.7. The third kappa shape index (κ3) is 3.61. The maximum absolute atomic E-state index is 12.3. The predicted octanol–water partition coefficient (Wildman–Crippen LogP) is 2.88. The van der Waals surface area contributed by atoms with Gasteiger partial charge >= 0.3 is 12.0 Å². The highest BCUT2D eigenvalue weighted by Gasteiger charge is 2.44. The van der Waals surface area contributed by atoms with Gasteiger partial charge in [0.1, 0.15) is 0 Å². The number of urea groups is 1. The predicted molar refractivity (Wildman–Crippen MR) is 87.7 cm³/mol. The van der Waals surface area contributed by atoms with Gasteiger partial charge in [-0.3, -0.25) is 4.79 Å². The maximum atomic E-state index is 12.3. The molecule has 6 heteroatoms. The smallest absolute Gasteiger partial charge is 0.317 e. The first-order valence-electron chi connectivity index (χ1n) is 8.02. The van der Waals surface area contributed by atoms with Crippen molar-refractivity contribution in [1.82, 2.24) is 10.2 Å². The summed E-state index contributed by atoms with van der Waals surface area (Å²) < 4.78 is 0. The molecule has 23 heavy (non-hydrogen) atoms. The van der Waals surface area contributed by atoms with E-state index in [-0.39, 0.29) is 17.4 Å². The fraction of sp³-hybridized carbons (Fsp3) is 0.529. The number of nitrogens with one attached hydrogen (secondary N) is 1. The van der Waals surface area contributed by atoms with Crippen LogP contribution in [-0.4, -0.2) is 41.6 Å². The third-order valence-electron chi connectivity index (χ3n) is 5.00. The van der Waals surface area contributed by atoms with Gasteiger partial charge in [0.2, 0.25) is 0 Å². The standard InChI is InChI=1S/C17H21ClN2O3/c18-14-3-1-2-13(10-14)17(6-7-17)11-19-16(23)20-8-4-12(5-9-20)15(21)22/h1-3,10,12H,4-9,11H2,(H,19,23)(H,21,22). The van der Waals surface area contributed by atoms with E-state index in [0.717, 1.165) is 17.9 Å². The molecule has 124 valence electrons. The first kappa shape index (κ1) is 16.1. The Kier molecular flexibility index (Phi) is 4.48. The lowest BCUT2D eigenvalue weighted by Crippen LogP contribution is -2.47. The first-order valence-corrected chi connectivity index (χ1v) is 8.40. The van der Waals surface area contributed by atoms with Gasteiger partial charge in [0.15, 0.2) is 0 Å². The number of carbonyl (C=O) groups excluding carboxylic acids is 1. The number of hydrogen-bond acceptors (Lipinski definition) is 2. The highest BCUT2D eigenvalue weighted by atomic mass is 35.5. The number of nitrogens with zero attached hydrogens (tertiary/aromatic N) is 1. The zero-order valence-corrected chi connectivity index (χ0v) is 13.7. The Morgan fingerprint density at radius 1 is 1.30 bits per heavy atom. The molecule has 1 saturated heterocycles. The van der Waals surface area contributed by atoms with E-state index in [2.05, 4.69) is 11.4 Å². The highest BCUT2D eigenvalue weighted by Crippen LogP contribution is 2.48. The van der Waals surface area contributed by atoms with Crippen LogP contribution in [0.4, 0.5) is 4.79 Å². The number of rotatable bonds is 4. The number of hydrogen-bond donors (Lipinski definition) is 2. The van der Waals surface area contributed by atoms with Gasteiger partial charge in [0.25, 0.3) is 0 Å². The van der Waals surface area contributed by atoms with Crippen molar-refractivity contribution in [2.45, 2.75) is 31.1 Å². The normalized spacial score (nSPS) is 20.1. The van der Waals surface area contributed by atoms with Crippen molar-refractivity contribution in [3.8, 4) is 0 Å². The van der Waals surface area contributed by atoms with Crippen molar-refractivity contribution in [3.05, 3.63) is 34.9 Å². The van der Waals surface area contributed by atoms with Crippen LogP contribution in [0.5, 0.6) is 0 Å². The van der Waals surface area contributed by atoms with Crippen molar-refractivity contribution < 1.29 is 14.7 Å². The molecule has 1 aromatic carbocycles. The van der Waals surface area contributed by atoms with Crippen molar-refractivity contribution in [2.24, 2.45) is 5.92 Å². The Bertz CT molecular complexity index is 608. The van der Waals surface area contributed by atoms with Crippen LogP contribution >= 0.6 is 11.6 Å². The summed E-state index contributed by atoms with van der Waals surface area (Å²) in [6, 6.07) is 7.73. The Morgan fingerprint density at radius 3 is 2.57 bits per heavy atom. The molecule has 0 aromatic heterocycles. The van der Waals surface area contributed by atoms with Gasteiger partial charge in [-0.05, 0) is 43.4 Å². The number of likely N-dealkylation sites (tertiary alicyclic amines) is 1. The topological polar surface area (TPSA) is 69.6 Å². The van der Waals surface area contributed by atoms with E-state index in [0.29, 0.717) is 32.5 Å². The second kappa shape index (κ2) is 6.40. The maximum Gasteiger partial charge on any atom is 0.317 e. The summed E-state index contributed by atoms with van der Waals surface area (Å²) in [6.45, 7) is 1.62. The van der Waals surface area contributed by atoms with Crippen LogP contribution < -0.4 is 5.32 Å². The van der Waals surface area contributed by atoms with Gasteiger partial charge in [-0.15, -0.1) is 0 Å². The Morgan fingerprint density at radius 2 is 2.00 bits per heavy atom. The quantitative estimate of drug-likeness (QED) is 0.888. The number of aliphatic carboxylic acids is 1. The molecule has 1 aliphatic heterocycles. The van der Waals surface area contributed by atoms with Gasteiger partial charge in [0.05, 0.1) is 5.92 Å². The fourth-order valence-corrected chi connectivity index (χ4v) is 3.41. The number of carboxylic acids is 1. The van der Waals surface area contributed by atoms with Crippen molar-refractivity contribution in [1.29, 1.82) is 0 Å². The van der Waals surface area contributed by atoms with E-state index < -0.39 is 5.97 Å². The number of piperidine rings is 1. The van der Waals surface area contributed by atoms with E-state index in [9.17, 15) is 9.59 Å². The molecule has 2 amide bonds. The SMILES string of the molecule is O=C(O)C1CCN(C(=O)NCC2(c3cccc(Cl)c3)CC2)CC1. The van der Waals surface area contributed by atoms with E-state index in [1.807, 2.05) is 18.2 Å². The molecular weight excluding hydrogens is 316 g/mol. The molecule has 1 heterocycles. The van der Waals surface area contributed by atoms with Gasteiger partial charge in [-0.25, -0.2) is 4.79 Å². The summed E-state index contributed by atoms with van der Waals surface area (Å²) in [4.78, 5) is 25.0. The van der Waals surface area contributed by atoms with E-state index >= 15 is 0 Å². The van der Waals surface area contributed by atoms with Crippen LogP contribution in [0.1, 0.15) is 31.2 Å². The van der Waals surface area contributed by atoms with Crippen LogP contribution in [-0.2, 0) is 10.2 Å². The van der Waals surface area contributed by atoms with Gasteiger partial charge in [-0.1, -0.05) is 23.7 Å². The average molecular weight is 337 g/mol. The molecular formula is C17H21ClN2O3.